The van der Waals surface area contributed by atoms with Crippen molar-refractivity contribution in [3.8, 4) is 0 Å². The van der Waals surface area contributed by atoms with Gasteiger partial charge in [0.1, 0.15) is 0 Å². The van der Waals surface area contributed by atoms with Crippen LogP contribution in [0.1, 0.15) is 12.5 Å². The van der Waals surface area contributed by atoms with Crippen molar-refractivity contribution >= 4 is 33.9 Å². The molecule has 0 aliphatic carbocycles. The SMILES string of the molecule is CCNc1nnc(SCc2cccc([N+](=O)[O-])c2)s1. The number of benzene rings is 1. The van der Waals surface area contributed by atoms with Gasteiger partial charge in [0.2, 0.25) is 5.13 Å². The van der Waals surface area contributed by atoms with E-state index < -0.39 is 0 Å². The fraction of sp³-hybridized carbons (Fsp3) is 0.273. The van der Waals surface area contributed by atoms with Crippen LogP contribution in [0.3, 0.4) is 0 Å². The first-order valence-electron chi connectivity index (χ1n) is 5.62. The summed E-state index contributed by atoms with van der Waals surface area (Å²) >= 11 is 3.01. The summed E-state index contributed by atoms with van der Waals surface area (Å²) in [4.78, 5) is 10.3. The molecule has 0 fully saturated rings. The van der Waals surface area contributed by atoms with E-state index in [9.17, 15) is 10.1 Å². The van der Waals surface area contributed by atoms with Gasteiger partial charge in [0, 0.05) is 24.4 Å². The third-order valence-electron chi connectivity index (χ3n) is 2.22. The van der Waals surface area contributed by atoms with Crippen LogP contribution in [0.4, 0.5) is 10.8 Å². The molecule has 1 N–H and O–H groups in total. The molecule has 0 saturated carbocycles. The van der Waals surface area contributed by atoms with Crippen LogP contribution in [0.5, 0.6) is 0 Å². The number of hydrogen-bond donors (Lipinski definition) is 1. The van der Waals surface area contributed by atoms with E-state index in [0.717, 1.165) is 21.6 Å². The Morgan fingerprint density at radius 1 is 1.47 bits per heavy atom. The summed E-state index contributed by atoms with van der Waals surface area (Å²) in [7, 11) is 0. The van der Waals surface area contributed by atoms with E-state index in [1.807, 2.05) is 13.0 Å². The van der Waals surface area contributed by atoms with Crippen LogP contribution in [-0.4, -0.2) is 21.7 Å². The number of aromatic nitrogens is 2. The number of nitrogens with zero attached hydrogens (tertiary/aromatic N) is 3. The number of nitrogens with one attached hydrogen (secondary N) is 1. The van der Waals surface area contributed by atoms with Gasteiger partial charge in [0.25, 0.3) is 5.69 Å². The van der Waals surface area contributed by atoms with E-state index in [1.165, 1.54) is 29.2 Å². The minimum atomic E-state index is -0.387. The first-order chi connectivity index (χ1) is 9.19. The first-order valence-corrected chi connectivity index (χ1v) is 7.42. The molecular formula is C11H12N4O2S2. The Morgan fingerprint density at radius 2 is 2.32 bits per heavy atom. The van der Waals surface area contributed by atoms with Crippen LogP contribution in [0.15, 0.2) is 28.6 Å². The Bertz CT molecular complexity index is 573. The van der Waals surface area contributed by atoms with Gasteiger partial charge in [-0.3, -0.25) is 10.1 Å². The van der Waals surface area contributed by atoms with Crippen LogP contribution in [0.25, 0.3) is 0 Å². The fourth-order valence-corrected chi connectivity index (χ4v) is 3.16. The number of hydrogen-bond acceptors (Lipinski definition) is 7. The molecule has 100 valence electrons. The van der Waals surface area contributed by atoms with E-state index in [0.29, 0.717) is 5.75 Å². The monoisotopic (exact) mass is 296 g/mol. The number of thioether (sulfide) groups is 1. The highest BCUT2D eigenvalue weighted by atomic mass is 32.2. The molecule has 0 radical (unpaired) electrons. The Balaban J connectivity index is 1.97. The van der Waals surface area contributed by atoms with Gasteiger partial charge >= 0.3 is 0 Å². The van der Waals surface area contributed by atoms with Crippen LogP contribution in [-0.2, 0) is 5.75 Å². The average Bonchev–Trinajstić information content (AvgIpc) is 2.85. The molecule has 6 nitrogen and oxygen atoms in total. The van der Waals surface area contributed by atoms with Crippen molar-refractivity contribution in [1.82, 2.24) is 10.2 Å². The lowest BCUT2D eigenvalue weighted by molar-refractivity contribution is -0.384. The quantitative estimate of drug-likeness (QED) is 0.501. The number of non-ortho nitro benzene ring substituents is 1. The van der Waals surface area contributed by atoms with Gasteiger partial charge in [0.05, 0.1) is 4.92 Å². The first kappa shape index (κ1) is 13.8. The molecule has 19 heavy (non-hydrogen) atoms. The molecule has 1 aromatic heterocycles. The second-order valence-electron chi connectivity index (χ2n) is 3.62. The molecular weight excluding hydrogens is 284 g/mol. The van der Waals surface area contributed by atoms with Gasteiger partial charge < -0.3 is 5.32 Å². The molecule has 2 rings (SSSR count). The summed E-state index contributed by atoms with van der Waals surface area (Å²) in [6.45, 7) is 2.81. The highest BCUT2D eigenvalue weighted by Crippen LogP contribution is 2.28. The molecule has 0 bridgehead atoms. The molecule has 1 aromatic carbocycles. The molecule has 0 saturated heterocycles. The lowest BCUT2D eigenvalue weighted by Gasteiger charge is -1.98. The van der Waals surface area contributed by atoms with Gasteiger partial charge in [-0.05, 0) is 12.5 Å². The van der Waals surface area contributed by atoms with Gasteiger partial charge in [-0.25, -0.2) is 0 Å². The molecule has 0 aliphatic rings. The maximum Gasteiger partial charge on any atom is 0.269 e. The van der Waals surface area contributed by atoms with Gasteiger partial charge in [-0.2, -0.15) is 0 Å². The van der Waals surface area contributed by atoms with Crippen LogP contribution < -0.4 is 5.32 Å². The van der Waals surface area contributed by atoms with Crippen molar-refractivity contribution in [3.05, 3.63) is 39.9 Å². The number of anilines is 1. The zero-order valence-corrected chi connectivity index (χ0v) is 11.8. The predicted octanol–water partition coefficient (Wildman–Crippen LogP) is 3.17. The maximum atomic E-state index is 10.7. The van der Waals surface area contributed by atoms with E-state index in [-0.39, 0.29) is 10.6 Å². The standard InChI is InChI=1S/C11H12N4O2S2/c1-2-12-10-13-14-11(19-10)18-7-8-4-3-5-9(6-8)15(16)17/h3-6H,2,7H2,1H3,(H,12,13). The largest absolute Gasteiger partial charge is 0.360 e. The molecule has 0 amide bonds. The molecule has 1 heterocycles. The van der Waals surface area contributed by atoms with E-state index in [4.69, 9.17) is 0 Å². The lowest BCUT2D eigenvalue weighted by Crippen LogP contribution is -1.94. The van der Waals surface area contributed by atoms with Crippen molar-refractivity contribution in [2.24, 2.45) is 0 Å². The second-order valence-corrected chi connectivity index (χ2v) is 5.82. The molecule has 2 aromatic rings. The zero-order valence-electron chi connectivity index (χ0n) is 10.2. The topological polar surface area (TPSA) is 81.0 Å². The van der Waals surface area contributed by atoms with Gasteiger partial charge in [-0.15, -0.1) is 10.2 Å². The average molecular weight is 296 g/mol. The summed E-state index contributed by atoms with van der Waals surface area (Å²) < 4.78 is 0.849. The highest BCUT2D eigenvalue weighted by molar-refractivity contribution is 8.00. The summed E-state index contributed by atoms with van der Waals surface area (Å²) in [5.74, 6) is 0.641. The van der Waals surface area contributed by atoms with Crippen molar-refractivity contribution in [3.63, 3.8) is 0 Å². The summed E-state index contributed by atoms with van der Waals surface area (Å²) in [5.41, 5.74) is 1.02. The van der Waals surface area contributed by atoms with Gasteiger partial charge in [-0.1, -0.05) is 35.2 Å². The maximum absolute atomic E-state index is 10.7. The Kier molecular flexibility index (Phi) is 4.69. The number of nitro benzene ring substituents is 1. The second kappa shape index (κ2) is 6.48. The molecule has 0 unspecified atom stereocenters. The predicted molar refractivity (Wildman–Crippen MR) is 76.7 cm³/mol. The van der Waals surface area contributed by atoms with Gasteiger partial charge in [0.15, 0.2) is 4.34 Å². The Labute approximate surface area is 118 Å². The van der Waals surface area contributed by atoms with Crippen molar-refractivity contribution in [2.45, 2.75) is 17.0 Å². The lowest BCUT2D eigenvalue weighted by atomic mass is 10.2. The van der Waals surface area contributed by atoms with Crippen molar-refractivity contribution in [1.29, 1.82) is 0 Å². The van der Waals surface area contributed by atoms with E-state index in [2.05, 4.69) is 15.5 Å². The number of rotatable bonds is 6. The Morgan fingerprint density at radius 3 is 3.05 bits per heavy atom. The van der Waals surface area contributed by atoms with Crippen molar-refractivity contribution in [2.75, 3.05) is 11.9 Å². The van der Waals surface area contributed by atoms with Crippen LogP contribution >= 0.6 is 23.1 Å². The van der Waals surface area contributed by atoms with Crippen molar-refractivity contribution < 1.29 is 4.92 Å². The smallest absolute Gasteiger partial charge is 0.269 e. The minimum Gasteiger partial charge on any atom is -0.360 e. The van der Waals surface area contributed by atoms with E-state index >= 15 is 0 Å². The molecule has 0 aliphatic heterocycles. The highest BCUT2D eigenvalue weighted by Gasteiger charge is 2.08. The molecule has 0 atom stereocenters. The normalized spacial score (nSPS) is 10.4. The zero-order chi connectivity index (χ0) is 13.7. The summed E-state index contributed by atoms with van der Waals surface area (Å²) in [6.07, 6.45) is 0. The summed E-state index contributed by atoms with van der Waals surface area (Å²) in [5, 5.41) is 22.6. The number of nitro groups is 1. The molecule has 0 spiro atoms. The summed E-state index contributed by atoms with van der Waals surface area (Å²) in [6, 6.07) is 6.63. The minimum absolute atomic E-state index is 0.115. The van der Waals surface area contributed by atoms with Crippen LogP contribution in [0, 0.1) is 10.1 Å². The van der Waals surface area contributed by atoms with E-state index in [1.54, 1.807) is 12.1 Å². The molecule has 8 heteroatoms. The third kappa shape index (κ3) is 3.90. The Hall–Kier alpha value is -1.67. The third-order valence-corrected chi connectivity index (χ3v) is 4.30. The van der Waals surface area contributed by atoms with Crippen LogP contribution in [0.2, 0.25) is 0 Å². The fourth-order valence-electron chi connectivity index (χ4n) is 1.40.